The van der Waals surface area contributed by atoms with Crippen molar-refractivity contribution in [3.05, 3.63) is 41.5 Å². The molecular formula is C40H56O7. The highest BCUT2D eigenvalue weighted by Crippen LogP contribution is 2.76. The van der Waals surface area contributed by atoms with Crippen LogP contribution in [0.25, 0.3) is 6.08 Å². The molecule has 6 rings (SSSR count). The summed E-state index contributed by atoms with van der Waals surface area (Å²) in [5, 5.41) is 32.0. The Morgan fingerprint density at radius 3 is 2.43 bits per heavy atom. The minimum atomic E-state index is -0.787. The summed E-state index contributed by atoms with van der Waals surface area (Å²) in [5.74, 6) is 0.499. The van der Waals surface area contributed by atoms with Crippen molar-refractivity contribution in [2.24, 2.45) is 56.7 Å². The average Bonchev–Trinajstić information content (AvgIpc) is 3.03. The van der Waals surface area contributed by atoms with Crippen molar-refractivity contribution in [1.82, 2.24) is 0 Å². The number of fused-ring (bicyclic) bond motifs is 7. The number of carboxylic acid groups (broad SMARTS) is 1. The number of aliphatic carboxylic acids is 1. The number of aliphatic hydroxyl groups excluding tert-OH is 1. The van der Waals surface area contributed by atoms with Crippen LogP contribution in [-0.2, 0) is 14.3 Å². The molecule has 1 aromatic carbocycles. The van der Waals surface area contributed by atoms with E-state index in [1.807, 2.05) is 0 Å². The first-order chi connectivity index (χ1) is 22.1. The second-order valence-electron chi connectivity index (χ2n) is 17.1. The van der Waals surface area contributed by atoms with Gasteiger partial charge in [-0.15, -0.1) is 0 Å². The highest BCUT2D eigenvalue weighted by Gasteiger charge is 2.71. The molecule has 0 bridgehead atoms. The van der Waals surface area contributed by atoms with Crippen molar-refractivity contribution in [3.63, 3.8) is 0 Å². The summed E-state index contributed by atoms with van der Waals surface area (Å²) in [5.41, 5.74) is 0.329. The van der Waals surface area contributed by atoms with Gasteiger partial charge in [0.15, 0.2) is 11.5 Å². The van der Waals surface area contributed by atoms with Gasteiger partial charge in [0.1, 0.15) is 6.61 Å². The molecule has 4 fully saturated rings. The fourth-order valence-corrected chi connectivity index (χ4v) is 12.2. The van der Waals surface area contributed by atoms with Crippen molar-refractivity contribution in [2.45, 2.75) is 105 Å². The van der Waals surface area contributed by atoms with Gasteiger partial charge in [0.2, 0.25) is 0 Å². The van der Waals surface area contributed by atoms with E-state index in [0.29, 0.717) is 48.3 Å². The highest BCUT2D eigenvalue weighted by molar-refractivity contribution is 5.87. The second kappa shape index (κ2) is 11.7. The molecule has 1 aromatic rings. The number of aliphatic hydroxyl groups is 1. The number of hydrogen-bond acceptors (Lipinski definition) is 6. The van der Waals surface area contributed by atoms with Crippen LogP contribution in [0.15, 0.2) is 35.9 Å². The largest absolute Gasteiger partial charge is 0.504 e. The number of carboxylic acids is 1. The Kier molecular flexibility index (Phi) is 8.46. The molecule has 258 valence electrons. The maximum Gasteiger partial charge on any atom is 0.330 e. The van der Waals surface area contributed by atoms with Crippen LogP contribution in [0.1, 0.15) is 105 Å². The SMILES string of the molecule is COc1cc(/C=C/C(=O)OC[C@@]23CC[C@@]4(C(=O)O)CC[C@@H](C)[C@H](C)[C@@H]4C2=CC[C@@H]2[C@@]4(C)CC[C@H](O)C(C)(C)[C@@H]4CC[C@]23C)ccc1O. The summed E-state index contributed by atoms with van der Waals surface area (Å²) in [4.78, 5) is 26.7. The first-order valence-corrected chi connectivity index (χ1v) is 17.9. The number of benzene rings is 1. The van der Waals surface area contributed by atoms with Crippen LogP contribution >= 0.6 is 0 Å². The van der Waals surface area contributed by atoms with E-state index in [1.54, 1.807) is 18.2 Å². The third-order valence-electron chi connectivity index (χ3n) is 15.1. The third kappa shape index (κ3) is 4.91. The summed E-state index contributed by atoms with van der Waals surface area (Å²) in [6, 6.07) is 4.92. The number of methoxy groups -OCH3 is 1. The Hall–Kier alpha value is -2.80. The van der Waals surface area contributed by atoms with E-state index < -0.39 is 22.8 Å². The molecule has 7 heteroatoms. The Balaban J connectivity index is 1.40. The molecule has 5 aliphatic carbocycles. The number of carbonyl (C=O) groups excluding carboxylic acids is 1. The Bertz CT molecular complexity index is 1480. The molecule has 5 aliphatic rings. The van der Waals surface area contributed by atoms with Gasteiger partial charge in [-0.1, -0.05) is 59.3 Å². The molecule has 47 heavy (non-hydrogen) atoms. The van der Waals surface area contributed by atoms with Gasteiger partial charge in [0, 0.05) is 11.5 Å². The van der Waals surface area contributed by atoms with E-state index in [-0.39, 0.29) is 46.5 Å². The summed E-state index contributed by atoms with van der Waals surface area (Å²) in [6.07, 6.45) is 12.7. The standard InChI is InChI=1S/C40H56O7/c1-24-14-19-39(35(44)45)20-21-40(23-47-33(43)13-9-26-8-11-28(41)29(22-26)46-7)27(34(39)25(24)2)10-12-31-37(5)17-16-32(42)36(3,4)30(37)15-18-38(31,40)6/h8-11,13,22,24-25,30-32,34,41-42H,12,14-21,23H2,1-7H3,(H,44,45)/b13-9+/t24-,25+,30+,31-,32+,34-,37+,38-,39+,40+/m1/s1. The van der Waals surface area contributed by atoms with Crippen LogP contribution in [0.4, 0.5) is 0 Å². The predicted molar refractivity (Wildman–Crippen MR) is 182 cm³/mol. The van der Waals surface area contributed by atoms with Crippen LogP contribution in [0.2, 0.25) is 0 Å². The zero-order valence-corrected chi connectivity index (χ0v) is 29.5. The first-order valence-electron chi connectivity index (χ1n) is 17.9. The number of carbonyl (C=O) groups is 2. The molecule has 0 unspecified atom stereocenters. The summed E-state index contributed by atoms with van der Waals surface area (Å²) in [6.45, 7) is 14.1. The lowest BCUT2D eigenvalue weighted by molar-refractivity contribution is -0.218. The molecular weight excluding hydrogens is 592 g/mol. The maximum atomic E-state index is 13.5. The van der Waals surface area contributed by atoms with Crippen LogP contribution in [0, 0.1) is 56.7 Å². The van der Waals surface area contributed by atoms with Gasteiger partial charge < -0.3 is 24.8 Å². The number of aromatic hydroxyl groups is 1. The van der Waals surface area contributed by atoms with Gasteiger partial charge in [-0.05, 0) is 127 Å². The zero-order valence-electron chi connectivity index (χ0n) is 29.5. The van der Waals surface area contributed by atoms with E-state index in [9.17, 15) is 24.9 Å². The fourth-order valence-electron chi connectivity index (χ4n) is 12.2. The average molecular weight is 649 g/mol. The van der Waals surface area contributed by atoms with E-state index in [2.05, 4.69) is 47.6 Å². The molecule has 0 spiro atoms. The minimum Gasteiger partial charge on any atom is -0.504 e. The summed E-state index contributed by atoms with van der Waals surface area (Å²) in [7, 11) is 1.49. The van der Waals surface area contributed by atoms with Crippen molar-refractivity contribution in [3.8, 4) is 11.5 Å². The van der Waals surface area contributed by atoms with Crippen LogP contribution < -0.4 is 4.74 Å². The number of phenols is 1. The third-order valence-corrected chi connectivity index (χ3v) is 15.1. The molecule has 3 N–H and O–H groups in total. The van der Waals surface area contributed by atoms with Crippen molar-refractivity contribution < 1.29 is 34.4 Å². The van der Waals surface area contributed by atoms with Gasteiger partial charge >= 0.3 is 11.9 Å². The fraction of sp³-hybridized carbons (Fsp3) is 0.700. The lowest BCUT2D eigenvalue weighted by Crippen LogP contribution is -2.67. The lowest BCUT2D eigenvalue weighted by atomic mass is 9.33. The topological polar surface area (TPSA) is 113 Å². The van der Waals surface area contributed by atoms with E-state index in [4.69, 9.17) is 9.47 Å². The predicted octanol–water partition coefficient (Wildman–Crippen LogP) is 8.04. The Morgan fingerprint density at radius 1 is 0.979 bits per heavy atom. The van der Waals surface area contributed by atoms with Crippen LogP contribution in [0.3, 0.4) is 0 Å². The normalized spacial score (nSPS) is 42.3. The van der Waals surface area contributed by atoms with Gasteiger partial charge in [0.25, 0.3) is 0 Å². The number of ether oxygens (including phenoxy) is 2. The number of esters is 1. The molecule has 0 aliphatic heterocycles. The summed E-state index contributed by atoms with van der Waals surface area (Å²) < 4.78 is 11.5. The van der Waals surface area contributed by atoms with Crippen molar-refractivity contribution >= 4 is 18.0 Å². The van der Waals surface area contributed by atoms with Gasteiger partial charge in [-0.3, -0.25) is 4.79 Å². The number of rotatable bonds is 6. The van der Waals surface area contributed by atoms with Crippen LogP contribution in [-0.4, -0.2) is 47.1 Å². The molecule has 0 radical (unpaired) electrons. The number of allylic oxidation sites excluding steroid dienone is 1. The van der Waals surface area contributed by atoms with E-state index in [1.165, 1.54) is 24.8 Å². The molecule has 7 nitrogen and oxygen atoms in total. The highest BCUT2D eigenvalue weighted by atomic mass is 16.5. The number of hydrogen-bond donors (Lipinski definition) is 3. The molecule has 0 amide bonds. The quantitative estimate of drug-likeness (QED) is 0.163. The lowest BCUT2D eigenvalue weighted by Gasteiger charge is -2.71. The minimum absolute atomic E-state index is 0.0133. The van der Waals surface area contributed by atoms with Crippen molar-refractivity contribution in [2.75, 3.05) is 13.7 Å². The molecule has 0 aromatic heterocycles. The van der Waals surface area contributed by atoms with Gasteiger partial charge in [-0.25, -0.2) is 4.79 Å². The Labute approximate surface area is 280 Å². The molecule has 0 saturated heterocycles. The van der Waals surface area contributed by atoms with Crippen molar-refractivity contribution in [1.29, 1.82) is 0 Å². The monoisotopic (exact) mass is 648 g/mol. The molecule has 0 heterocycles. The Morgan fingerprint density at radius 2 is 1.72 bits per heavy atom. The van der Waals surface area contributed by atoms with Gasteiger partial charge in [-0.2, -0.15) is 0 Å². The smallest absolute Gasteiger partial charge is 0.330 e. The summed E-state index contributed by atoms with van der Waals surface area (Å²) >= 11 is 0. The van der Waals surface area contributed by atoms with Crippen LogP contribution in [0.5, 0.6) is 11.5 Å². The zero-order chi connectivity index (χ0) is 34.2. The van der Waals surface area contributed by atoms with E-state index >= 15 is 0 Å². The van der Waals surface area contributed by atoms with E-state index in [0.717, 1.165) is 38.5 Å². The maximum absolute atomic E-state index is 13.5. The molecule has 4 saturated carbocycles. The second-order valence-corrected chi connectivity index (χ2v) is 17.1. The molecule has 10 atom stereocenters. The van der Waals surface area contributed by atoms with Gasteiger partial charge in [0.05, 0.1) is 18.6 Å². The number of phenolic OH excluding ortho intramolecular Hbond substituents is 1. The first kappa shape index (κ1) is 34.1.